The molecule has 3 amide bonds. The molecule has 8 heteroatoms. The summed E-state index contributed by atoms with van der Waals surface area (Å²) in [5.41, 5.74) is 1.78. The van der Waals surface area contributed by atoms with Crippen LogP contribution in [-0.4, -0.2) is 72.5 Å². The van der Waals surface area contributed by atoms with Crippen molar-refractivity contribution in [2.75, 3.05) is 37.7 Å². The second-order valence-electron chi connectivity index (χ2n) is 9.26. The summed E-state index contributed by atoms with van der Waals surface area (Å²) < 4.78 is 11.5. The van der Waals surface area contributed by atoms with Gasteiger partial charge in [-0.1, -0.05) is 38.1 Å². The van der Waals surface area contributed by atoms with Crippen molar-refractivity contribution in [2.45, 2.75) is 38.3 Å². The van der Waals surface area contributed by atoms with Gasteiger partial charge in [-0.3, -0.25) is 19.3 Å². The van der Waals surface area contributed by atoms with Crippen molar-refractivity contribution >= 4 is 23.4 Å². The predicted molar refractivity (Wildman–Crippen MR) is 126 cm³/mol. The van der Waals surface area contributed by atoms with Crippen molar-refractivity contribution in [1.29, 1.82) is 0 Å². The number of hydrogen-bond donors (Lipinski definition) is 0. The van der Waals surface area contributed by atoms with Gasteiger partial charge >= 0.3 is 0 Å². The van der Waals surface area contributed by atoms with E-state index in [-0.39, 0.29) is 30.7 Å². The lowest BCUT2D eigenvalue weighted by molar-refractivity contribution is -0.143. The lowest BCUT2D eigenvalue weighted by Gasteiger charge is -2.38. The summed E-state index contributed by atoms with van der Waals surface area (Å²) in [7, 11) is 0. The number of carbonyl (C=O) groups excluding carboxylic acids is 3. The smallest absolute Gasteiger partial charge is 0.267 e. The summed E-state index contributed by atoms with van der Waals surface area (Å²) in [5.74, 6) is 1.10. The van der Waals surface area contributed by atoms with Crippen LogP contribution in [0, 0.1) is 0 Å². The Hall–Kier alpha value is -3.39. The highest BCUT2D eigenvalue weighted by Gasteiger charge is 2.44. The highest BCUT2D eigenvalue weighted by atomic mass is 16.6. The first-order chi connectivity index (χ1) is 16.4. The SMILES string of the molecule is CC(C)c1ccc(N2C(=O)C[C@H](N3CCN(C(=O)[C@@H]4COc5ccccc5O4)CC3)C2=O)cc1. The summed E-state index contributed by atoms with van der Waals surface area (Å²) >= 11 is 0. The van der Waals surface area contributed by atoms with Gasteiger partial charge in [0.15, 0.2) is 11.5 Å². The zero-order chi connectivity index (χ0) is 23.8. The van der Waals surface area contributed by atoms with Crippen LogP contribution in [0.3, 0.4) is 0 Å². The second-order valence-corrected chi connectivity index (χ2v) is 9.26. The number of para-hydroxylation sites is 2. The number of nitrogens with zero attached hydrogens (tertiary/aromatic N) is 3. The van der Waals surface area contributed by atoms with Gasteiger partial charge < -0.3 is 14.4 Å². The van der Waals surface area contributed by atoms with E-state index in [0.717, 1.165) is 5.56 Å². The molecule has 5 rings (SSSR count). The Balaban J connectivity index is 1.19. The number of ether oxygens (including phenoxy) is 2. The van der Waals surface area contributed by atoms with Crippen LogP contribution in [0.25, 0.3) is 0 Å². The zero-order valence-corrected chi connectivity index (χ0v) is 19.5. The molecular formula is C26H29N3O5. The Morgan fingerprint density at radius 3 is 2.29 bits per heavy atom. The average molecular weight is 464 g/mol. The van der Waals surface area contributed by atoms with Gasteiger partial charge in [0, 0.05) is 26.2 Å². The largest absolute Gasteiger partial charge is 0.485 e. The number of anilines is 1. The van der Waals surface area contributed by atoms with E-state index in [4.69, 9.17) is 9.47 Å². The van der Waals surface area contributed by atoms with Gasteiger partial charge in [-0.05, 0) is 35.7 Å². The van der Waals surface area contributed by atoms with Crippen molar-refractivity contribution < 1.29 is 23.9 Å². The molecule has 0 unspecified atom stereocenters. The number of rotatable bonds is 4. The fourth-order valence-corrected chi connectivity index (χ4v) is 4.78. The summed E-state index contributed by atoms with van der Waals surface area (Å²) in [4.78, 5) is 43.9. The Kier molecular flexibility index (Phi) is 6.00. The molecule has 2 saturated heterocycles. The number of imide groups is 1. The quantitative estimate of drug-likeness (QED) is 0.648. The van der Waals surface area contributed by atoms with Crippen LogP contribution in [0.15, 0.2) is 48.5 Å². The maximum atomic E-state index is 13.2. The molecule has 2 fully saturated rings. The van der Waals surface area contributed by atoms with E-state index in [1.807, 2.05) is 47.4 Å². The third-order valence-electron chi connectivity index (χ3n) is 6.79. The molecule has 0 aromatic heterocycles. The Morgan fingerprint density at radius 1 is 0.941 bits per heavy atom. The van der Waals surface area contributed by atoms with E-state index in [9.17, 15) is 14.4 Å². The second kappa shape index (κ2) is 9.10. The molecule has 0 saturated carbocycles. The molecule has 34 heavy (non-hydrogen) atoms. The molecule has 3 heterocycles. The summed E-state index contributed by atoms with van der Waals surface area (Å²) in [6, 6.07) is 14.4. The van der Waals surface area contributed by atoms with Gasteiger partial charge in [0.25, 0.3) is 11.8 Å². The number of piperazine rings is 1. The highest BCUT2D eigenvalue weighted by Crippen LogP contribution is 2.32. The maximum absolute atomic E-state index is 13.2. The first kappa shape index (κ1) is 22.4. The van der Waals surface area contributed by atoms with Crippen LogP contribution >= 0.6 is 0 Å². The van der Waals surface area contributed by atoms with Gasteiger partial charge in [0.05, 0.1) is 18.2 Å². The highest BCUT2D eigenvalue weighted by molar-refractivity contribution is 6.22. The lowest BCUT2D eigenvalue weighted by atomic mass is 10.0. The Bertz CT molecular complexity index is 1090. The van der Waals surface area contributed by atoms with Crippen molar-refractivity contribution in [3.8, 4) is 11.5 Å². The molecule has 3 aliphatic rings. The van der Waals surface area contributed by atoms with E-state index >= 15 is 0 Å². The molecule has 0 aliphatic carbocycles. The lowest BCUT2D eigenvalue weighted by Crippen LogP contribution is -2.57. The van der Waals surface area contributed by atoms with E-state index in [1.54, 1.807) is 11.0 Å². The summed E-state index contributed by atoms with van der Waals surface area (Å²) in [5, 5.41) is 0. The standard InChI is InChI=1S/C26H29N3O5/c1-17(2)18-7-9-19(10-8-18)29-24(30)15-20(25(29)31)27-11-13-28(14-12-27)26(32)23-16-33-21-5-3-4-6-22(21)34-23/h3-10,17,20,23H,11-16H2,1-2H3/t20-,23-/m0/s1. The van der Waals surface area contributed by atoms with Crippen molar-refractivity contribution in [1.82, 2.24) is 9.80 Å². The van der Waals surface area contributed by atoms with E-state index < -0.39 is 12.1 Å². The van der Waals surface area contributed by atoms with Crippen LogP contribution in [0.5, 0.6) is 11.5 Å². The number of benzene rings is 2. The number of fused-ring (bicyclic) bond motifs is 1. The van der Waals surface area contributed by atoms with Gasteiger partial charge in [-0.2, -0.15) is 0 Å². The third kappa shape index (κ3) is 4.14. The van der Waals surface area contributed by atoms with Gasteiger partial charge in [-0.25, -0.2) is 4.90 Å². The summed E-state index contributed by atoms with van der Waals surface area (Å²) in [6.07, 6.45) is -0.518. The molecule has 0 bridgehead atoms. The van der Waals surface area contributed by atoms with Crippen LogP contribution in [0.4, 0.5) is 5.69 Å². The van der Waals surface area contributed by atoms with Crippen molar-refractivity contribution in [2.24, 2.45) is 0 Å². The molecular weight excluding hydrogens is 434 g/mol. The molecule has 0 radical (unpaired) electrons. The first-order valence-electron chi connectivity index (χ1n) is 11.8. The molecule has 8 nitrogen and oxygen atoms in total. The Morgan fingerprint density at radius 2 is 1.62 bits per heavy atom. The first-order valence-corrected chi connectivity index (χ1v) is 11.8. The molecule has 178 valence electrons. The average Bonchev–Trinajstić information content (AvgIpc) is 3.17. The fourth-order valence-electron chi connectivity index (χ4n) is 4.78. The van der Waals surface area contributed by atoms with Crippen LogP contribution in [0.2, 0.25) is 0 Å². The minimum atomic E-state index is -0.680. The number of hydrogen-bond acceptors (Lipinski definition) is 6. The van der Waals surface area contributed by atoms with E-state index in [1.165, 1.54) is 4.90 Å². The monoisotopic (exact) mass is 463 g/mol. The molecule has 2 atom stereocenters. The summed E-state index contributed by atoms with van der Waals surface area (Å²) in [6.45, 7) is 6.39. The molecule has 2 aromatic rings. The number of amides is 3. The van der Waals surface area contributed by atoms with Crippen LogP contribution in [0.1, 0.15) is 31.7 Å². The molecule has 3 aliphatic heterocycles. The van der Waals surface area contributed by atoms with Crippen molar-refractivity contribution in [3.63, 3.8) is 0 Å². The number of carbonyl (C=O) groups is 3. The normalized spacial score (nSPS) is 23.0. The molecule has 0 N–H and O–H groups in total. The van der Waals surface area contributed by atoms with E-state index in [2.05, 4.69) is 13.8 Å². The third-order valence-corrected chi connectivity index (χ3v) is 6.79. The Labute approximate surface area is 199 Å². The minimum absolute atomic E-state index is 0.116. The molecule has 2 aromatic carbocycles. The van der Waals surface area contributed by atoms with Crippen LogP contribution < -0.4 is 14.4 Å². The maximum Gasteiger partial charge on any atom is 0.267 e. The predicted octanol–water partition coefficient (Wildman–Crippen LogP) is 2.43. The fraction of sp³-hybridized carbons (Fsp3) is 0.423. The minimum Gasteiger partial charge on any atom is -0.485 e. The topological polar surface area (TPSA) is 79.4 Å². The van der Waals surface area contributed by atoms with Gasteiger partial charge in [0.2, 0.25) is 12.0 Å². The molecule has 0 spiro atoms. The van der Waals surface area contributed by atoms with E-state index in [0.29, 0.717) is 49.3 Å². The van der Waals surface area contributed by atoms with Gasteiger partial charge in [-0.15, -0.1) is 0 Å². The van der Waals surface area contributed by atoms with Crippen molar-refractivity contribution in [3.05, 3.63) is 54.1 Å². The van der Waals surface area contributed by atoms with Crippen LogP contribution in [-0.2, 0) is 14.4 Å². The van der Waals surface area contributed by atoms with Gasteiger partial charge in [0.1, 0.15) is 6.61 Å². The zero-order valence-electron chi connectivity index (χ0n) is 19.5.